The average Bonchev–Trinajstić information content (AvgIpc) is 2.61. The number of halogens is 1. The van der Waals surface area contributed by atoms with Gasteiger partial charge in [-0.2, -0.15) is 0 Å². The van der Waals surface area contributed by atoms with Crippen LogP contribution in [0.5, 0.6) is 0 Å². The van der Waals surface area contributed by atoms with Crippen molar-refractivity contribution in [3.8, 4) is 11.1 Å². The van der Waals surface area contributed by atoms with E-state index < -0.39 is 0 Å². The van der Waals surface area contributed by atoms with Gasteiger partial charge in [0.1, 0.15) is 6.61 Å². The van der Waals surface area contributed by atoms with Crippen LogP contribution in [-0.4, -0.2) is 11.0 Å². The Balaban J connectivity index is 1.64. The van der Waals surface area contributed by atoms with Crippen LogP contribution in [0.2, 0.25) is 0 Å². The Morgan fingerprint density at radius 1 is 0.957 bits per heavy atom. The van der Waals surface area contributed by atoms with Gasteiger partial charge in [-0.1, -0.05) is 54.6 Å². The lowest BCUT2D eigenvalue weighted by Crippen LogP contribution is -2.05. The van der Waals surface area contributed by atoms with E-state index in [1.54, 1.807) is 12.3 Å². The van der Waals surface area contributed by atoms with Crippen molar-refractivity contribution in [1.29, 1.82) is 0 Å². The summed E-state index contributed by atoms with van der Waals surface area (Å²) in [6, 6.07) is 19.8. The van der Waals surface area contributed by atoms with Crippen LogP contribution < -0.4 is 0 Å². The molecule has 0 spiro atoms. The smallest absolute Gasteiger partial charge is 0.340 e. The zero-order valence-electron chi connectivity index (χ0n) is 12.3. The maximum absolute atomic E-state index is 12.0. The molecule has 0 N–H and O–H groups in total. The summed E-state index contributed by atoms with van der Waals surface area (Å²) in [4.78, 5) is 15.9. The number of benzene rings is 2. The Morgan fingerprint density at radius 3 is 2.35 bits per heavy atom. The van der Waals surface area contributed by atoms with Gasteiger partial charge < -0.3 is 4.74 Å². The maximum atomic E-state index is 12.0. The third-order valence-corrected chi connectivity index (χ3v) is 3.81. The third kappa shape index (κ3) is 4.05. The van der Waals surface area contributed by atoms with Crippen LogP contribution in [0.25, 0.3) is 11.1 Å². The van der Waals surface area contributed by atoms with Gasteiger partial charge in [-0.15, -0.1) is 0 Å². The molecule has 23 heavy (non-hydrogen) atoms. The molecule has 3 nitrogen and oxygen atoms in total. The molecule has 0 saturated carbocycles. The highest BCUT2D eigenvalue weighted by molar-refractivity contribution is 9.10. The Labute approximate surface area is 143 Å². The highest BCUT2D eigenvalue weighted by Gasteiger charge is 2.08. The number of nitrogens with zero attached hydrogens (tertiary/aromatic N) is 1. The molecule has 0 amide bonds. The van der Waals surface area contributed by atoms with E-state index in [-0.39, 0.29) is 12.6 Å². The lowest BCUT2D eigenvalue weighted by atomic mass is 10.0. The monoisotopic (exact) mass is 367 g/mol. The van der Waals surface area contributed by atoms with Gasteiger partial charge in [0.05, 0.1) is 5.56 Å². The number of pyridine rings is 1. The van der Waals surface area contributed by atoms with Gasteiger partial charge in [-0.3, -0.25) is 4.98 Å². The summed E-state index contributed by atoms with van der Waals surface area (Å²) in [6.45, 7) is 0.237. The van der Waals surface area contributed by atoms with Gasteiger partial charge in [0.2, 0.25) is 0 Å². The van der Waals surface area contributed by atoms with E-state index in [9.17, 15) is 4.79 Å². The zero-order chi connectivity index (χ0) is 16.1. The largest absolute Gasteiger partial charge is 0.457 e. The Hall–Kier alpha value is -2.46. The summed E-state index contributed by atoms with van der Waals surface area (Å²) in [5, 5.41) is 0. The van der Waals surface area contributed by atoms with E-state index in [0.29, 0.717) is 5.56 Å². The van der Waals surface area contributed by atoms with Crippen molar-refractivity contribution in [2.45, 2.75) is 6.61 Å². The number of hydrogen-bond acceptors (Lipinski definition) is 3. The van der Waals surface area contributed by atoms with E-state index >= 15 is 0 Å². The fourth-order valence-corrected chi connectivity index (χ4v) is 2.54. The molecule has 0 saturated heterocycles. The molecule has 114 valence electrons. The first-order valence-electron chi connectivity index (χ1n) is 7.14. The minimum Gasteiger partial charge on any atom is -0.457 e. The Morgan fingerprint density at radius 2 is 1.65 bits per heavy atom. The van der Waals surface area contributed by atoms with Crippen molar-refractivity contribution >= 4 is 21.9 Å². The quantitative estimate of drug-likeness (QED) is 0.617. The SMILES string of the molecule is O=C(OCc1ccc(-c2ccccc2)cc1)c1cncc(Br)c1. The van der Waals surface area contributed by atoms with Gasteiger partial charge in [-0.05, 0) is 38.7 Å². The van der Waals surface area contributed by atoms with E-state index in [1.165, 1.54) is 6.20 Å². The number of carbonyl (C=O) groups excluding carboxylic acids is 1. The maximum Gasteiger partial charge on any atom is 0.340 e. The molecule has 2 aromatic carbocycles. The van der Waals surface area contributed by atoms with Crippen LogP contribution in [0.4, 0.5) is 0 Å². The van der Waals surface area contributed by atoms with Crippen molar-refractivity contribution in [2.75, 3.05) is 0 Å². The number of ether oxygens (including phenoxy) is 1. The molecule has 1 heterocycles. The van der Waals surface area contributed by atoms with E-state index in [1.807, 2.05) is 42.5 Å². The van der Waals surface area contributed by atoms with Crippen LogP contribution in [0, 0.1) is 0 Å². The minimum atomic E-state index is -0.383. The third-order valence-electron chi connectivity index (χ3n) is 3.37. The molecule has 0 aliphatic carbocycles. The number of rotatable bonds is 4. The fourth-order valence-electron chi connectivity index (χ4n) is 2.18. The van der Waals surface area contributed by atoms with E-state index in [4.69, 9.17) is 4.74 Å². The van der Waals surface area contributed by atoms with Crippen LogP contribution in [-0.2, 0) is 11.3 Å². The minimum absolute atomic E-state index is 0.237. The number of hydrogen-bond donors (Lipinski definition) is 0. The first-order chi connectivity index (χ1) is 11.2. The molecule has 0 fully saturated rings. The van der Waals surface area contributed by atoms with Crippen LogP contribution in [0.3, 0.4) is 0 Å². The second-order valence-electron chi connectivity index (χ2n) is 5.03. The lowest BCUT2D eigenvalue weighted by molar-refractivity contribution is 0.0472. The highest BCUT2D eigenvalue weighted by atomic mass is 79.9. The van der Waals surface area contributed by atoms with Gasteiger partial charge in [0.25, 0.3) is 0 Å². The van der Waals surface area contributed by atoms with Crippen molar-refractivity contribution in [2.24, 2.45) is 0 Å². The van der Waals surface area contributed by atoms with Gasteiger partial charge in [-0.25, -0.2) is 4.79 Å². The molecule has 0 bridgehead atoms. The average molecular weight is 368 g/mol. The van der Waals surface area contributed by atoms with Crippen molar-refractivity contribution in [3.63, 3.8) is 0 Å². The van der Waals surface area contributed by atoms with E-state index in [0.717, 1.165) is 21.2 Å². The molecule has 3 rings (SSSR count). The lowest BCUT2D eigenvalue weighted by Gasteiger charge is -2.06. The van der Waals surface area contributed by atoms with Crippen LogP contribution >= 0.6 is 15.9 Å². The highest BCUT2D eigenvalue weighted by Crippen LogP contribution is 2.19. The van der Waals surface area contributed by atoms with Crippen molar-refractivity contribution < 1.29 is 9.53 Å². The first-order valence-corrected chi connectivity index (χ1v) is 7.94. The molecule has 0 aliphatic rings. The van der Waals surface area contributed by atoms with Gasteiger partial charge in [0.15, 0.2) is 0 Å². The molecule has 1 aromatic heterocycles. The molecular weight excluding hydrogens is 354 g/mol. The van der Waals surface area contributed by atoms with Crippen LogP contribution in [0.1, 0.15) is 15.9 Å². The Kier molecular flexibility index (Phi) is 4.83. The summed E-state index contributed by atoms with van der Waals surface area (Å²) in [7, 11) is 0. The molecule has 3 aromatic rings. The van der Waals surface area contributed by atoms with Crippen LogP contribution in [0.15, 0.2) is 77.5 Å². The normalized spacial score (nSPS) is 10.3. The molecule has 0 unspecified atom stereocenters. The number of carbonyl (C=O) groups is 1. The molecule has 0 aliphatic heterocycles. The van der Waals surface area contributed by atoms with Crippen molar-refractivity contribution in [1.82, 2.24) is 4.98 Å². The first kappa shape index (κ1) is 15.4. The van der Waals surface area contributed by atoms with Gasteiger partial charge >= 0.3 is 5.97 Å². The summed E-state index contributed by atoms with van der Waals surface area (Å²) in [5.41, 5.74) is 3.68. The second-order valence-corrected chi connectivity index (χ2v) is 5.95. The molecule has 0 atom stereocenters. The Bertz CT molecular complexity index is 801. The number of aromatic nitrogens is 1. The molecule has 4 heteroatoms. The molecular formula is C19H14BrNO2. The summed E-state index contributed by atoms with van der Waals surface area (Å²) in [6.07, 6.45) is 3.12. The summed E-state index contributed by atoms with van der Waals surface area (Å²) < 4.78 is 6.06. The predicted octanol–water partition coefficient (Wildman–Crippen LogP) is 4.87. The topological polar surface area (TPSA) is 39.2 Å². The molecule has 0 radical (unpaired) electrons. The van der Waals surface area contributed by atoms with Crippen molar-refractivity contribution in [3.05, 3.63) is 88.7 Å². The fraction of sp³-hybridized carbons (Fsp3) is 0.0526. The predicted molar refractivity (Wildman–Crippen MR) is 92.9 cm³/mol. The van der Waals surface area contributed by atoms with Gasteiger partial charge in [0, 0.05) is 16.9 Å². The van der Waals surface area contributed by atoms with E-state index in [2.05, 4.69) is 33.0 Å². The standard InChI is InChI=1S/C19H14BrNO2/c20-18-10-17(11-21-12-18)19(22)23-13-14-6-8-16(9-7-14)15-4-2-1-3-5-15/h1-12H,13H2. The second kappa shape index (κ2) is 7.20. The zero-order valence-corrected chi connectivity index (χ0v) is 13.9. The summed E-state index contributed by atoms with van der Waals surface area (Å²) >= 11 is 3.29. The number of esters is 1. The summed E-state index contributed by atoms with van der Waals surface area (Å²) in [5.74, 6) is -0.383.